The van der Waals surface area contributed by atoms with E-state index < -0.39 is 6.04 Å². The highest BCUT2D eigenvalue weighted by molar-refractivity contribution is 5.83. The van der Waals surface area contributed by atoms with E-state index in [1.165, 1.54) is 0 Å². The number of hydrogen-bond donors (Lipinski definition) is 2. The van der Waals surface area contributed by atoms with Crippen molar-refractivity contribution < 1.29 is 9.59 Å². The van der Waals surface area contributed by atoms with E-state index >= 15 is 0 Å². The number of nitrogens with one attached hydrogen (secondary N) is 1. The molecular weight excluding hydrogens is 304 g/mol. The first-order valence-electron chi connectivity index (χ1n) is 8.74. The lowest BCUT2D eigenvalue weighted by atomic mass is 9.93. The van der Waals surface area contributed by atoms with Gasteiger partial charge in [0.15, 0.2) is 0 Å². The van der Waals surface area contributed by atoms with Crippen molar-refractivity contribution in [2.75, 3.05) is 13.1 Å². The first-order chi connectivity index (χ1) is 11.5. The predicted octanol–water partition coefficient (Wildman–Crippen LogP) is 1.31. The first-order valence-corrected chi connectivity index (χ1v) is 8.74. The minimum atomic E-state index is -0.439. The van der Waals surface area contributed by atoms with E-state index in [4.69, 9.17) is 5.73 Å². The van der Waals surface area contributed by atoms with Crippen LogP contribution in [0.4, 0.5) is 0 Å². The number of amides is 2. The van der Waals surface area contributed by atoms with E-state index in [0.29, 0.717) is 32.5 Å². The average molecular weight is 332 g/mol. The summed E-state index contributed by atoms with van der Waals surface area (Å²) < 4.78 is 0. The summed E-state index contributed by atoms with van der Waals surface area (Å²) >= 11 is 0. The Kier molecular flexibility index (Phi) is 6.73. The molecule has 2 atom stereocenters. The van der Waals surface area contributed by atoms with Crippen molar-refractivity contribution >= 4 is 11.8 Å². The molecule has 0 spiro atoms. The summed E-state index contributed by atoms with van der Waals surface area (Å²) in [5, 5.41) is 2.96. The van der Waals surface area contributed by atoms with E-state index in [2.05, 4.69) is 10.3 Å². The van der Waals surface area contributed by atoms with Gasteiger partial charge in [0.05, 0.1) is 6.04 Å². The molecule has 1 aliphatic heterocycles. The monoisotopic (exact) mass is 332 g/mol. The summed E-state index contributed by atoms with van der Waals surface area (Å²) in [4.78, 5) is 30.5. The SMILES string of the molecule is CCC(C)C(N)C(=O)N1CCC(C(=O)NCc2cccnc2)CC1. The molecule has 2 rings (SSSR count). The second-order valence-corrected chi connectivity index (χ2v) is 6.59. The maximum Gasteiger partial charge on any atom is 0.239 e. The number of nitrogens with zero attached hydrogens (tertiary/aromatic N) is 2. The molecule has 0 aliphatic carbocycles. The third kappa shape index (κ3) is 4.77. The zero-order valence-corrected chi connectivity index (χ0v) is 14.6. The van der Waals surface area contributed by atoms with E-state index in [0.717, 1.165) is 12.0 Å². The van der Waals surface area contributed by atoms with E-state index in [1.54, 1.807) is 12.4 Å². The lowest BCUT2D eigenvalue weighted by molar-refractivity contribution is -0.137. The minimum Gasteiger partial charge on any atom is -0.352 e. The topological polar surface area (TPSA) is 88.3 Å². The Balaban J connectivity index is 1.77. The van der Waals surface area contributed by atoms with Gasteiger partial charge >= 0.3 is 0 Å². The standard InChI is InChI=1S/C18H28N4O2/c1-3-13(2)16(19)18(24)22-9-6-15(7-10-22)17(23)21-12-14-5-4-8-20-11-14/h4-5,8,11,13,15-16H,3,6-7,9-10,12,19H2,1-2H3,(H,21,23). The van der Waals surface area contributed by atoms with Gasteiger partial charge in [0.2, 0.25) is 11.8 Å². The second-order valence-electron chi connectivity index (χ2n) is 6.59. The van der Waals surface area contributed by atoms with Gasteiger partial charge in [-0.15, -0.1) is 0 Å². The second kappa shape index (κ2) is 8.78. The number of carbonyl (C=O) groups is 2. The Morgan fingerprint density at radius 1 is 1.42 bits per heavy atom. The van der Waals surface area contributed by atoms with E-state index in [9.17, 15) is 9.59 Å². The number of carbonyl (C=O) groups excluding carboxylic acids is 2. The molecule has 132 valence electrons. The molecule has 2 heterocycles. The molecule has 1 aromatic rings. The number of piperidine rings is 1. The van der Waals surface area contributed by atoms with Crippen LogP contribution in [0.5, 0.6) is 0 Å². The summed E-state index contributed by atoms with van der Waals surface area (Å²) in [5.41, 5.74) is 7.02. The normalized spacial score (nSPS) is 18.0. The fourth-order valence-corrected chi connectivity index (χ4v) is 2.91. The smallest absolute Gasteiger partial charge is 0.239 e. The Hall–Kier alpha value is -1.95. The lowest BCUT2D eigenvalue weighted by Gasteiger charge is -2.34. The van der Waals surface area contributed by atoms with Crippen LogP contribution in [0, 0.1) is 11.8 Å². The zero-order valence-electron chi connectivity index (χ0n) is 14.6. The Labute approximate surface area is 143 Å². The van der Waals surface area contributed by atoms with Gasteiger partial charge in [-0.3, -0.25) is 14.6 Å². The van der Waals surface area contributed by atoms with Crippen molar-refractivity contribution in [3.63, 3.8) is 0 Å². The molecule has 1 saturated heterocycles. The van der Waals surface area contributed by atoms with Crippen molar-refractivity contribution in [1.82, 2.24) is 15.2 Å². The lowest BCUT2D eigenvalue weighted by Crippen LogP contribution is -2.50. The molecule has 0 radical (unpaired) electrons. The minimum absolute atomic E-state index is 0.0126. The fourth-order valence-electron chi connectivity index (χ4n) is 2.91. The Morgan fingerprint density at radius 3 is 2.71 bits per heavy atom. The summed E-state index contributed by atoms with van der Waals surface area (Å²) in [5.74, 6) is 0.208. The van der Waals surface area contributed by atoms with Gasteiger partial charge in [-0.1, -0.05) is 26.3 Å². The molecule has 0 saturated carbocycles. The van der Waals surface area contributed by atoms with Gasteiger partial charge in [-0.05, 0) is 30.4 Å². The molecule has 1 aliphatic rings. The van der Waals surface area contributed by atoms with Crippen molar-refractivity contribution in [2.24, 2.45) is 17.6 Å². The molecule has 2 amide bonds. The fraction of sp³-hybridized carbons (Fsp3) is 0.611. The highest BCUT2D eigenvalue weighted by Gasteiger charge is 2.30. The maximum absolute atomic E-state index is 12.4. The van der Waals surface area contributed by atoms with Crippen LogP contribution < -0.4 is 11.1 Å². The van der Waals surface area contributed by atoms with Crippen LogP contribution in [-0.4, -0.2) is 40.8 Å². The highest BCUT2D eigenvalue weighted by Crippen LogP contribution is 2.19. The highest BCUT2D eigenvalue weighted by atomic mass is 16.2. The van der Waals surface area contributed by atoms with Gasteiger partial charge in [0.1, 0.15) is 0 Å². The molecule has 6 heteroatoms. The van der Waals surface area contributed by atoms with Gasteiger partial charge in [0, 0.05) is 37.9 Å². The van der Waals surface area contributed by atoms with Crippen molar-refractivity contribution in [3.05, 3.63) is 30.1 Å². The van der Waals surface area contributed by atoms with Gasteiger partial charge in [-0.25, -0.2) is 0 Å². The molecule has 6 nitrogen and oxygen atoms in total. The van der Waals surface area contributed by atoms with Crippen LogP contribution in [0.15, 0.2) is 24.5 Å². The van der Waals surface area contributed by atoms with Crippen LogP contribution >= 0.6 is 0 Å². The third-order valence-corrected chi connectivity index (χ3v) is 4.91. The summed E-state index contributed by atoms with van der Waals surface area (Å²) in [6, 6.07) is 3.35. The van der Waals surface area contributed by atoms with Crippen LogP contribution in [-0.2, 0) is 16.1 Å². The van der Waals surface area contributed by atoms with Gasteiger partial charge in [0.25, 0.3) is 0 Å². The van der Waals surface area contributed by atoms with E-state index in [1.807, 2.05) is 30.9 Å². The van der Waals surface area contributed by atoms with Gasteiger partial charge < -0.3 is 16.0 Å². The molecular formula is C18H28N4O2. The number of likely N-dealkylation sites (tertiary alicyclic amines) is 1. The number of pyridine rings is 1. The maximum atomic E-state index is 12.4. The van der Waals surface area contributed by atoms with E-state index in [-0.39, 0.29) is 23.7 Å². The molecule has 0 bridgehead atoms. The number of hydrogen-bond acceptors (Lipinski definition) is 4. The molecule has 2 unspecified atom stereocenters. The Morgan fingerprint density at radius 2 is 2.12 bits per heavy atom. The van der Waals surface area contributed by atoms with Crippen molar-refractivity contribution in [3.8, 4) is 0 Å². The predicted molar refractivity (Wildman–Crippen MR) is 92.8 cm³/mol. The molecule has 1 fully saturated rings. The zero-order chi connectivity index (χ0) is 17.5. The first kappa shape index (κ1) is 18.4. The van der Waals surface area contributed by atoms with Gasteiger partial charge in [-0.2, -0.15) is 0 Å². The molecule has 0 aromatic carbocycles. The number of nitrogens with two attached hydrogens (primary N) is 1. The van der Waals surface area contributed by atoms with Crippen LogP contribution in [0.2, 0.25) is 0 Å². The Bertz CT molecular complexity index is 541. The summed E-state index contributed by atoms with van der Waals surface area (Å²) in [6.45, 7) is 5.74. The largest absolute Gasteiger partial charge is 0.352 e. The van der Waals surface area contributed by atoms with Crippen molar-refractivity contribution in [1.29, 1.82) is 0 Å². The number of aromatic nitrogens is 1. The molecule has 3 N–H and O–H groups in total. The van der Waals surface area contributed by atoms with Crippen LogP contribution in [0.3, 0.4) is 0 Å². The van der Waals surface area contributed by atoms with Crippen molar-refractivity contribution in [2.45, 2.75) is 45.7 Å². The van der Waals surface area contributed by atoms with Crippen LogP contribution in [0.1, 0.15) is 38.7 Å². The average Bonchev–Trinajstić information content (AvgIpc) is 2.65. The van der Waals surface area contributed by atoms with Crippen LogP contribution in [0.25, 0.3) is 0 Å². The number of rotatable bonds is 6. The summed E-state index contributed by atoms with van der Waals surface area (Å²) in [7, 11) is 0. The molecule has 24 heavy (non-hydrogen) atoms. The quantitative estimate of drug-likeness (QED) is 0.822. The molecule has 1 aromatic heterocycles. The third-order valence-electron chi connectivity index (χ3n) is 4.91. The summed E-state index contributed by atoms with van der Waals surface area (Å²) in [6.07, 6.45) is 5.73.